The topological polar surface area (TPSA) is 89.2 Å². The molecule has 0 amide bonds. The van der Waals surface area contributed by atoms with E-state index >= 15 is 0 Å². The second-order valence-corrected chi connectivity index (χ2v) is 7.92. The molecule has 2 aromatic carbocycles. The van der Waals surface area contributed by atoms with E-state index in [0.717, 1.165) is 11.1 Å². The molecule has 0 bridgehead atoms. The molecule has 7 nitrogen and oxygen atoms in total. The summed E-state index contributed by atoms with van der Waals surface area (Å²) in [6.45, 7) is 3.73. The maximum absolute atomic E-state index is 12.6. The van der Waals surface area contributed by atoms with Crippen molar-refractivity contribution in [3.8, 4) is 11.3 Å². The fourth-order valence-corrected chi connectivity index (χ4v) is 3.77. The van der Waals surface area contributed by atoms with Crippen molar-refractivity contribution in [2.45, 2.75) is 18.7 Å². The number of sulfonamides is 1. The average Bonchev–Trinajstić information content (AvgIpc) is 3.02. The molecule has 0 saturated heterocycles. The highest BCUT2D eigenvalue weighted by Gasteiger charge is 2.14. The lowest BCUT2D eigenvalue weighted by Crippen LogP contribution is -2.12. The van der Waals surface area contributed by atoms with Gasteiger partial charge in [-0.1, -0.05) is 29.8 Å². The maximum atomic E-state index is 12.6. The van der Waals surface area contributed by atoms with Gasteiger partial charge < -0.3 is 0 Å². The zero-order valence-electron chi connectivity index (χ0n) is 14.8. The predicted octanol–water partition coefficient (Wildman–Crippen LogP) is 3.21. The second-order valence-electron chi connectivity index (χ2n) is 6.24. The largest absolute Gasteiger partial charge is 0.280 e. The number of aryl methyl sites for hydroxylation is 2. The number of hydrogen-bond acceptors (Lipinski definition) is 5. The van der Waals surface area contributed by atoms with E-state index in [1.807, 2.05) is 32.0 Å². The van der Waals surface area contributed by atoms with E-state index in [1.165, 1.54) is 0 Å². The second kappa shape index (κ2) is 6.48. The molecular formula is C19H17N5O2S. The lowest BCUT2D eigenvalue weighted by molar-refractivity contribution is 0.601. The fourth-order valence-electron chi connectivity index (χ4n) is 2.72. The van der Waals surface area contributed by atoms with Crippen LogP contribution < -0.4 is 4.72 Å². The lowest BCUT2D eigenvalue weighted by Gasteiger charge is -2.10. The Bertz CT molecular complexity index is 1230. The van der Waals surface area contributed by atoms with Gasteiger partial charge in [0.05, 0.1) is 10.6 Å². The molecule has 0 saturated carbocycles. The SMILES string of the molecule is Cc1ccc(S(=O)(=O)Nc2cccc(-c3ccc4nnc(C)n4n3)c2)cc1. The van der Waals surface area contributed by atoms with E-state index in [9.17, 15) is 8.42 Å². The first-order valence-corrected chi connectivity index (χ1v) is 9.80. The number of nitrogens with one attached hydrogen (secondary N) is 1. The first-order chi connectivity index (χ1) is 12.9. The Morgan fingerprint density at radius 3 is 2.48 bits per heavy atom. The van der Waals surface area contributed by atoms with Crippen LogP contribution in [0.5, 0.6) is 0 Å². The zero-order chi connectivity index (χ0) is 19.0. The summed E-state index contributed by atoms with van der Waals surface area (Å²) in [5, 5.41) is 12.5. The molecule has 4 rings (SSSR count). The van der Waals surface area contributed by atoms with Crippen LogP contribution in [-0.4, -0.2) is 28.2 Å². The Morgan fingerprint density at radius 2 is 1.70 bits per heavy atom. The van der Waals surface area contributed by atoms with Gasteiger partial charge in [-0.15, -0.1) is 10.2 Å². The van der Waals surface area contributed by atoms with Crippen LogP contribution in [0.1, 0.15) is 11.4 Å². The Labute approximate surface area is 156 Å². The fraction of sp³-hybridized carbons (Fsp3) is 0.105. The highest BCUT2D eigenvalue weighted by molar-refractivity contribution is 7.92. The van der Waals surface area contributed by atoms with E-state index in [1.54, 1.807) is 47.0 Å². The summed E-state index contributed by atoms with van der Waals surface area (Å²) in [6.07, 6.45) is 0. The van der Waals surface area contributed by atoms with Crippen LogP contribution in [0, 0.1) is 13.8 Å². The van der Waals surface area contributed by atoms with Gasteiger partial charge in [0.1, 0.15) is 0 Å². The van der Waals surface area contributed by atoms with Crippen LogP contribution >= 0.6 is 0 Å². The highest BCUT2D eigenvalue weighted by Crippen LogP contribution is 2.23. The van der Waals surface area contributed by atoms with Gasteiger partial charge in [-0.25, -0.2) is 8.42 Å². The number of aromatic nitrogens is 4. The summed E-state index contributed by atoms with van der Waals surface area (Å²) in [4.78, 5) is 0.221. The van der Waals surface area contributed by atoms with Crippen molar-refractivity contribution in [2.24, 2.45) is 0 Å². The first-order valence-electron chi connectivity index (χ1n) is 8.31. The molecule has 27 heavy (non-hydrogen) atoms. The minimum absolute atomic E-state index is 0.221. The molecule has 0 radical (unpaired) electrons. The molecule has 2 heterocycles. The number of benzene rings is 2. The Hall–Kier alpha value is -3.26. The number of hydrogen-bond donors (Lipinski definition) is 1. The van der Waals surface area contributed by atoms with Crippen molar-refractivity contribution < 1.29 is 8.42 Å². The molecule has 136 valence electrons. The Morgan fingerprint density at radius 1 is 0.926 bits per heavy atom. The summed E-state index contributed by atoms with van der Waals surface area (Å²) < 4.78 is 29.5. The summed E-state index contributed by atoms with van der Waals surface area (Å²) in [5.74, 6) is 0.683. The van der Waals surface area contributed by atoms with E-state index in [2.05, 4.69) is 20.0 Å². The third kappa shape index (κ3) is 3.39. The number of rotatable bonds is 4. The Balaban J connectivity index is 1.67. The quantitative estimate of drug-likeness (QED) is 0.588. The zero-order valence-corrected chi connectivity index (χ0v) is 15.6. The molecule has 0 aliphatic carbocycles. The van der Waals surface area contributed by atoms with Crippen molar-refractivity contribution >= 4 is 21.4 Å². The molecule has 0 spiro atoms. The molecule has 4 aromatic rings. The smallest absolute Gasteiger partial charge is 0.261 e. The van der Waals surface area contributed by atoms with Crippen molar-refractivity contribution in [3.05, 3.63) is 72.1 Å². The third-order valence-electron chi connectivity index (χ3n) is 4.16. The van der Waals surface area contributed by atoms with E-state index in [4.69, 9.17) is 0 Å². The minimum Gasteiger partial charge on any atom is -0.280 e. The van der Waals surface area contributed by atoms with Gasteiger partial charge in [0.2, 0.25) is 0 Å². The van der Waals surface area contributed by atoms with Crippen molar-refractivity contribution in [1.82, 2.24) is 19.8 Å². The van der Waals surface area contributed by atoms with Gasteiger partial charge in [0.15, 0.2) is 11.5 Å². The summed E-state index contributed by atoms with van der Waals surface area (Å²) >= 11 is 0. The lowest BCUT2D eigenvalue weighted by atomic mass is 10.1. The van der Waals surface area contributed by atoms with E-state index < -0.39 is 10.0 Å². The van der Waals surface area contributed by atoms with Gasteiger partial charge >= 0.3 is 0 Å². The number of fused-ring (bicyclic) bond motifs is 1. The van der Waals surface area contributed by atoms with Crippen LogP contribution in [-0.2, 0) is 10.0 Å². The highest BCUT2D eigenvalue weighted by atomic mass is 32.2. The molecule has 0 fully saturated rings. The minimum atomic E-state index is -3.66. The van der Waals surface area contributed by atoms with Gasteiger partial charge in [-0.3, -0.25) is 4.72 Å². The molecule has 2 aromatic heterocycles. The predicted molar refractivity (Wildman–Crippen MR) is 103 cm³/mol. The van der Waals surface area contributed by atoms with Crippen LogP contribution in [0.3, 0.4) is 0 Å². The van der Waals surface area contributed by atoms with Crippen LogP contribution in [0.4, 0.5) is 5.69 Å². The van der Waals surface area contributed by atoms with Gasteiger partial charge in [-0.05, 0) is 50.2 Å². The number of anilines is 1. The molecular weight excluding hydrogens is 362 g/mol. The van der Waals surface area contributed by atoms with Gasteiger partial charge in [0.25, 0.3) is 10.0 Å². The van der Waals surface area contributed by atoms with Gasteiger partial charge in [0, 0.05) is 11.3 Å². The summed E-state index contributed by atoms with van der Waals surface area (Å²) in [7, 11) is -3.66. The van der Waals surface area contributed by atoms with E-state index in [0.29, 0.717) is 22.9 Å². The molecule has 0 atom stereocenters. The van der Waals surface area contributed by atoms with Crippen LogP contribution in [0.25, 0.3) is 16.9 Å². The average molecular weight is 379 g/mol. The van der Waals surface area contributed by atoms with E-state index in [-0.39, 0.29) is 4.90 Å². The normalized spacial score (nSPS) is 11.6. The summed E-state index contributed by atoms with van der Waals surface area (Å²) in [5.41, 5.74) is 3.61. The molecule has 0 aliphatic heterocycles. The maximum Gasteiger partial charge on any atom is 0.261 e. The third-order valence-corrected chi connectivity index (χ3v) is 5.56. The monoisotopic (exact) mass is 379 g/mol. The molecule has 0 unspecified atom stereocenters. The molecule has 8 heteroatoms. The Kier molecular flexibility index (Phi) is 4.12. The molecule has 0 aliphatic rings. The van der Waals surface area contributed by atoms with Crippen molar-refractivity contribution in [2.75, 3.05) is 4.72 Å². The van der Waals surface area contributed by atoms with Crippen LogP contribution in [0.15, 0.2) is 65.6 Å². The van der Waals surface area contributed by atoms with Crippen LogP contribution in [0.2, 0.25) is 0 Å². The number of nitrogens with zero attached hydrogens (tertiary/aromatic N) is 4. The van der Waals surface area contributed by atoms with Crippen molar-refractivity contribution in [1.29, 1.82) is 0 Å². The molecule has 1 N–H and O–H groups in total. The van der Waals surface area contributed by atoms with Gasteiger partial charge in [-0.2, -0.15) is 9.61 Å². The van der Waals surface area contributed by atoms with Crippen molar-refractivity contribution in [3.63, 3.8) is 0 Å². The summed E-state index contributed by atoms with van der Waals surface area (Å²) in [6, 6.07) is 17.5. The standard InChI is InChI=1S/C19H17N5O2S/c1-13-6-8-17(9-7-13)27(25,26)23-16-5-3-4-15(12-16)18-10-11-19-21-20-14(2)24(19)22-18/h3-12,23H,1-2H3. The first kappa shape index (κ1) is 17.2.